The number of terminal acetylenes is 1. The Morgan fingerprint density at radius 3 is 2.89 bits per heavy atom. The third-order valence-electron chi connectivity index (χ3n) is 4.04. The minimum atomic E-state index is -0.422. The third kappa shape index (κ3) is 3.60. The van der Waals surface area contributed by atoms with Crippen LogP contribution in [0, 0.1) is 12.3 Å². The number of nitrogens with two attached hydrogens (primary N) is 1. The predicted octanol–water partition coefficient (Wildman–Crippen LogP) is 2.14. The summed E-state index contributed by atoms with van der Waals surface area (Å²) >= 11 is 0. The maximum absolute atomic E-state index is 12.4. The predicted molar refractivity (Wildman–Crippen MR) is 103 cm³/mol. The number of aromatic nitrogens is 2. The zero-order valence-electron chi connectivity index (χ0n) is 14.7. The number of pyridine rings is 2. The molecule has 136 valence electrons. The molecule has 0 aliphatic rings. The lowest BCUT2D eigenvalue weighted by atomic mass is 10.0. The van der Waals surface area contributed by atoms with Gasteiger partial charge >= 0.3 is 0 Å². The van der Waals surface area contributed by atoms with E-state index < -0.39 is 5.91 Å². The molecule has 0 fully saturated rings. The van der Waals surface area contributed by atoms with E-state index in [0.717, 1.165) is 0 Å². The van der Waals surface area contributed by atoms with Crippen LogP contribution >= 0.6 is 0 Å². The Labute approximate surface area is 155 Å². The number of rotatable bonds is 5. The van der Waals surface area contributed by atoms with Gasteiger partial charge in [-0.2, -0.15) is 0 Å². The Morgan fingerprint density at radius 2 is 2.22 bits per heavy atom. The van der Waals surface area contributed by atoms with Gasteiger partial charge in [-0.1, -0.05) is 5.92 Å². The molecule has 3 aromatic rings. The molecule has 1 amide bonds. The molecule has 0 saturated heterocycles. The van der Waals surface area contributed by atoms with Crippen LogP contribution in [0.2, 0.25) is 0 Å². The number of hydrogen-bond donors (Lipinski definition) is 2. The van der Waals surface area contributed by atoms with Gasteiger partial charge in [-0.25, -0.2) is 4.98 Å². The second-order valence-electron chi connectivity index (χ2n) is 5.72. The highest BCUT2D eigenvalue weighted by Crippen LogP contribution is 2.33. The molecule has 27 heavy (non-hydrogen) atoms. The number of furan rings is 1. The van der Waals surface area contributed by atoms with Crippen molar-refractivity contribution >= 4 is 11.7 Å². The van der Waals surface area contributed by atoms with E-state index in [2.05, 4.69) is 16.2 Å². The molecule has 3 rings (SSSR count). The van der Waals surface area contributed by atoms with Crippen molar-refractivity contribution < 1.29 is 9.21 Å². The number of amides is 1. The minimum Gasteiger partial charge on any atom is -0.463 e. The molecule has 0 aliphatic carbocycles. The molecule has 3 aromatic heterocycles. The van der Waals surface area contributed by atoms with E-state index in [4.69, 9.17) is 16.6 Å². The molecule has 3 heterocycles. The first-order valence-electron chi connectivity index (χ1n) is 8.32. The van der Waals surface area contributed by atoms with Crippen molar-refractivity contribution in [3.05, 3.63) is 58.7 Å². The van der Waals surface area contributed by atoms with Crippen LogP contribution in [0.25, 0.3) is 22.6 Å². The van der Waals surface area contributed by atoms with Crippen LogP contribution in [0.3, 0.4) is 0 Å². The molecule has 3 N–H and O–H groups in total. The fraction of sp³-hybridized carbons (Fsp3) is 0.150. The normalized spacial score (nSPS) is 10.4. The molecular weight excluding hydrogens is 344 g/mol. The van der Waals surface area contributed by atoms with Gasteiger partial charge in [-0.05, 0) is 31.2 Å². The van der Waals surface area contributed by atoms with E-state index in [9.17, 15) is 9.59 Å². The van der Waals surface area contributed by atoms with E-state index in [1.165, 1.54) is 12.3 Å². The van der Waals surface area contributed by atoms with E-state index in [-0.39, 0.29) is 23.5 Å². The van der Waals surface area contributed by atoms with Gasteiger partial charge < -0.3 is 20.0 Å². The van der Waals surface area contributed by atoms with E-state index in [0.29, 0.717) is 29.1 Å². The maximum Gasteiger partial charge on any atom is 0.255 e. The fourth-order valence-corrected chi connectivity index (χ4v) is 2.69. The highest BCUT2D eigenvalue weighted by atomic mass is 16.3. The second kappa shape index (κ2) is 7.62. The molecule has 0 unspecified atom stereocenters. The highest BCUT2D eigenvalue weighted by molar-refractivity contribution is 6.01. The molecular formula is C20H18N4O3. The highest BCUT2D eigenvalue weighted by Gasteiger charge is 2.19. The zero-order chi connectivity index (χ0) is 19.4. The van der Waals surface area contributed by atoms with Gasteiger partial charge in [0.1, 0.15) is 11.5 Å². The van der Waals surface area contributed by atoms with Gasteiger partial charge in [0.2, 0.25) is 0 Å². The zero-order valence-corrected chi connectivity index (χ0v) is 14.7. The number of nitrogens with zero attached hydrogens (tertiary/aromatic N) is 2. The van der Waals surface area contributed by atoms with Crippen molar-refractivity contribution in [2.75, 3.05) is 12.3 Å². The van der Waals surface area contributed by atoms with Crippen LogP contribution in [0.1, 0.15) is 17.3 Å². The molecule has 7 heteroatoms. The summed E-state index contributed by atoms with van der Waals surface area (Å²) in [6.45, 7) is 2.47. The van der Waals surface area contributed by atoms with Gasteiger partial charge in [0.25, 0.3) is 11.5 Å². The third-order valence-corrected chi connectivity index (χ3v) is 4.04. The second-order valence-corrected chi connectivity index (χ2v) is 5.72. The number of aryl methyl sites for hydroxylation is 1. The summed E-state index contributed by atoms with van der Waals surface area (Å²) in [5, 5.41) is 2.58. The lowest BCUT2D eigenvalue weighted by Gasteiger charge is -2.13. The smallest absolute Gasteiger partial charge is 0.255 e. The molecule has 0 atom stereocenters. The Bertz CT molecular complexity index is 1080. The molecule has 0 radical (unpaired) electrons. The van der Waals surface area contributed by atoms with Crippen LogP contribution in [0.15, 0.2) is 52.0 Å². The van der Waals surface area contributed by atoms with E-state index in [1.54, 1.807) is 35.0 Å². The van der Waals surface area contributed by atoms with Crippen LogP contribution < -0.4 is 16.6 Å². The van der Waals surface area contributed by atoms with Crippen molar-refractivity contribution in [2.45, 2.75) is 13.5 Å². The average molecular weight is 362 g/mol. The topological polar surface area (TPSA) is 103 Å². The van der Waals surface area contributed by atoms with Gasteiger partial charge in [0, 0.05) is 29.9 Å². The minimum absolute atomic E-state index is 0.0588. The van der Waals surface area contributed by atoms with Crippen molar-refractivity contribution in [1.29, 1.82) is 0 Å². The first-order chi connectivity index (χ1) is 13.0. The van der Waals surface area contributed by atoms with Gasteiger partial charge in [0.15, 0.2) is 5.76 Å². The number of hydrogen-bond acceptors (Lipinski definition) is 5. The standard InChI is InChI=1S/C20H18N4O3/c1-3-9-22-20(26)15-11-14(13-7-8-17(25)24(4-2)12-13)18(23-19(15)21)16-6-5-10-27-16/h1,5-8,10-12H,4,9H2,2H3,(H2,21,23)(H,22,26). The molecule has 0 bridgehead atoms. The van der Waals surface area contributed by atoms with Crippen LogP contribution in [-0.2, 0) is 6.54 Å². The lowest BCUT2D eigenvalue weighted by Crippen LogP contribution is -2.25. The maximum atomic E-state index is 12.4. The fourth-order valence-electron chi connectivity index (χ4n) is 2.69. The summed E-state index contributed by atoms with van der Waals surface area (Å²) < 4.78 is 7.03. The quantitative estimate of drug-likeness (QED) is 0.677. The average Bonchev–Trinajstić information content (AvgIpc) is 3.21. The van der Waals surface area contributed by atoms with E-state index in [1.807, 2.05) is 6.92 Å². The number of nitrogen functional groups attached to an aromatic ring is 1. The summed E-state index contributed by atoms with van der Waals surface area (Å²) in [5.41, 5.74) is 7.90. The number of nitrogens with one attached hydrogen (secondary N) is 1. The van der Waals surface area contributed by atoms with Gasteiger partial charge in [0.05, 0.1) is 18.4 Å². The molecule has 0 aliphatic heterocycles. The summed E-state index contributed by atoms with van der Waals surface area (Å²) in [7, 11) is 0. The number of carbonyl (C=O) groups is 1. The van der Waals surface area contributed by atoms with Crippen molar-refractivity contribution in [2.24, 2.45) is 0 Å². The molecule has 0 spiro atoms. The first kappa shape index (κ1) is 18.0. The summed E-state index contributed by atoms with van der Waals surface area (Å²) in [4.78, 5) is 28.7. The van der Waals surface area contributed by atoms with E-state index >= 15 is 0 Å². The van der Waals surface area contributed by atoms with Crippen molar-refractivity contribution in [3.8, 4) is 34.9 Å². The Hall–Kier alpha value is -3.79. The Morgan fingerprint density at radius 1 is 1.41 bits per heavy atom. The number of carbonyl (C=O) groups excluding carboxylic acids is 1. The summed E-state index contributed by atoms with van der Waals surface area (Å²) in [6, 6.07) is 8.26. The SMILES string of the molecule is C#CCNC(=O)c1cc(-c2ccc(=O)n(CC)c2)c(-c2ccco2)nc1N. The Kier molecular flexibility index (Phi) is 5.08. The molecule has 0 saturated carbocycles. The molecule has 0 aromatic carbocycles. The largest absolute Gasteiger partial charge is 0.463 e. The first-order valence-corrected chi connectivity index (χ1v) is 8.32. The van der Waals surface area contributed by atoms with Crippen molar-refractivity contribution in [3.63, 3.8) is 0 Å². The van der Waals surface area contributed by atoms with Crippen molar-refractivity contribution in [1.82, 2.24) is 14.9 Å². The Balaban J connectivity index is 2.21. The van der Waals surface area contributed by atoms with Gasteiger partial charge in [-0.3, -0.25) is 9.59 Å². The number of anilines is 1. The summed E-state index contributed by atoms with van der Waals surface area (Å²) in [5.74, 6) is 2.48. The van der Waals surface area contributed by atoms with Crippen LogP contribution in [-0.4, -0.2) is 22.0 Å². The molecule has 7 nitrogen and oxygen atoms in total. The van der Waals surface area contributed by atoms with Gasteiger partial charge in [-0.15, -0.1) is 6.42 Å². The van der Waals surface area contributed by atoms with Crippen LogP contribution in [0.5, 0.6) is 0 Å². The van der Waals surface area contributed by atoms with Crippen LogP contribution in [0.4, 0.5) is 5.82 Å². The summed E-state index contributed by atoms with van der Waals surface area (Å²) in [6.07, 6.45) is 8.43. The monoisotopic (exact) mass is 362 g/mol. The lowest BCUT2D eigenvalue weighted by molar-refractivity contribution is 0.0959.